The lowest BCUT2D eigenvalue weighted by Gasteiger charge is -2.53. The van der Waals surface area contributed by atoms with E-state index in [9.17, 15) is 10.2 Å². The van der Waals surface area contributed by atoms with Crippen molar-refractivity contribution in [2.24, 2.45) is 23.2 Å². The summed E-state index contributed by atoms with van der Waals surface area (Å²) in [5, 5.41) is 20.9. The predicted octanol–water partition coefficient (Wildman–Crippen LogP) is 3.56. The van der Waals surface area contributed by atoms with Crippen LogP contribution < -0.4 is 0 Å². The summed E-state index contributed by atoms with van der Waals surface area (Å²) in [6.45, 7) is 2.20. The van der Waals surface area contributed by atoms with Gasteiger partial charge < -0.3 is 14.9 Å². The van der Waals surface area contributed by atoms with Crippen molar-refractivity contribution in [1.29, 1.82) is 0 Å². The van der Waals surface area contributed by atoms with Gasteiger partial charge >= 0.3 is 0 Å². The third-order valence-corrected chi connectivity index (χ3v) is 5.91. The van der Waals surface area contributed by atoms with Crippen LogP contribution in [0.4, 0.5) is 0 Å². The highest BCUT2D eigenvalue weighted by Crippen LogP contribution is 2.55. The van der Waals surface area contributed by atoms with Gasteiger partial charge in [-0.05, 0) is 37.2 Å². The molecule has 0 aromatic rings. The normalized spacial score (nSPS) is 44.5. The molecule has 0 saturated heterocycles. The van der Waals surface area contributed by atoms with Crippen molar-refractivity contribution >= 4 is 0 Å². The molecule has 2 N–H and O–H groups in total. The summed E-state index contributed by atoms with van der Waals surface area (Å²) in [7, 11) is 1.69. The van der Waals surface area contributed by atoms with Crippen molar-refractivity contribution in [2.45, 2.75) is 51.6 Å². The Balaban J connectivity index is 2.00. The maximum absolute atomic E-state index is 10.9. The summed E-state index contributed by atoms with van der Waals surface area (Å²) >= 11 is 0. The van der Waals surface area contributed by atoms with Gasteiger partial charge in [0.05, 0.1) is 13.2 Å². The van der Waals surface area contributed by atoms with E-state index in [1.54, 1.807) is 13.2 Å². The van der Waals surface area contributed by atoms with Crippen LogP contribution in [-0.4, -0.2) is 23.4 Å². The Hall–Kier alpha value is -0.960. The SMILES string of the molecule is COC1=CC(O)=CC2C1CC1CCCCCC2(C)C1O. The maximum Gasteiger partial charge on any atom is 0.115 e. The minimum Gasteiger partial charge on any atom is -0.508 e. The molecule has 0 aromatic heterocycles. The van der Waals surface area contributed by atoms with Gasteiger partial charge in [-0.15, -0.1) is 0 Å². The number of hydrogen-bond acceptors (Lipinski definition) is 3. The third kappa shape index (κ3) is 2.07. The Bertz CT molecular complexity index is 440. The van der Waals surface area contributed by atoms with Crippen molar-refractivity contribution in [3.05, 3.63) is 23.7 Å². The molecule has 0 aromatic carbocycles. The van der Waals surface area contributed by atoms with E-state index in [4.69, 9.17) is 4.74 Å². The summed E-state index contributed by atoms with van der Waals surface area (Å²) in [4.78, 5) is 0. The number of fused-ring (bicyclic) bond motifs is 4. The van der Waals surface area contributed by atoms with E-state index in [2.05, 4.69) is 6.92 Å². The van der Waals surface area contributed by atoms with E-state index in [1.807, 2.05) is 6.08 Å². The fourth-order valence-electron chi connectivity index (χ4n) is 4.77. The molecule has 5 atom stereocenters. The molecular weight excluding hydrogens is 252 g/mol. The average molecular weight is 278 g/mol. The number of rotatable bonds is 1. The number of ether oxygens (including phenoxy) is 1. The van der Waals surface area contributed by atoms with Crippen LogP contribution in [0.15, 0.2) is 23.7 Å². The van der Waals surface area contributed by atoms with Gasteiger partial charge in [0.2, 0.25) is 0 Å². The van der Waals surface area contributed by atoms with Gasteiger partial charge in [0.15, 0.2) is 0 Å². The molecule has 3 aliphatic rings. The smallest absolute Gasteiger partial charge is 0.115 e. The molecule has 20 heavy (non-hydrogen) atoms. The Morgan fingerprint density at radius 2 is 2.10 bits per heavy atom. The highest BCUT2D eigenvalue weighted by Gasteiger charge is 2.53. The van der Waals surface area contributed by atoms with E-state index in [-0.39, 0.29) is 23.2 Å². The summed E-state index contributed by atoms with van der Waals surface area (Å²) in [5.74, 6) is 2.05. The molecule has 3 nitrogen and oxygen atoms in total. The van der Waals surface area contributed by atoms with Crippen molar-refractivity contribution in [3.63, 3.8) is 0 Å². The quantitative estimate of drug-likeness (QED) is 0.771. The van der Waals surface area contributed by atoms with Crippen LogP contribution in [0.3, 0.4) is 0 Å². The van der Waals surface area contributed by atoms with Crippen LogP contribution in [0.5, 0.6) is 0 Å². The number of aliphatic hydroxyl groups excluding tert-OH is 2. The van der Waals surface area contributed by atoms with Gasteiger partial charge in [-0.25, -0.2) is 0 Å². The lowest BCUT2D eigenvalue weighted by Crippen LogP contribution is -2.52. The largest absolute Gasteiger partial charge is 0.508 e. The second-order valence-corrected chi connectivity index (χ2v) is 7.02. The zero-order valence-electron chi connectivity index (χ0n) is 12.5. The van der Waals surface area contributed by atoms with Crippen LogP contribution >= 0.6 is 0 Å². The molecular formula is C17H26O3. The highest BCUT2D eigenvalue weighted by atomic mass is 16.5. The molecule has 2 fully saturated rings. The molecule has 0 radical (unpaired) electrons. The summed E-state index contributed by atoms with van der Waals surface area (Å²) in [6.07, 6.45) is 10.2. The topological polar surface area (TPSA) is 49.7 Å². The van der Waals surface area contributed by atoms with Crippen molar-refractivity contribution in [1.82, 2.24) is 0 Å². The van der Waals surface area contributed by atoms with Crippen LogP contribution in [0, 0.1) is 23.2 Å². The number of aliphatic hydroxyl groups is 2. The third-order valence-electron chi connectivity index (χ3n) is 5.91. The molecule has 3 aliphatic carbocycles. The lowest BCUT2D eigenvalue weighted by molar-refractivity contribution is -0.105. The zero-order valence-corrected chi connectivity index (χ0v) is 12.5. The minimum absolute atomic E-state index is 0.139. The van der Waals surface area contributed by atoms with Crippen LogP contribution in [0.25, 0.3) is 0 Å². The Kier molecular flexibility index (Phi) is 3.57. The van der Waals surface area contributed by atoms with Crippen LogP contribution in [0.2, 0.25) is 0 Å². The van der Waals surface area contributed by atoms with E-state index in [1.165, 1.54) is 19.3 Å². The lowest BCUT2D eigenvalue weighted by atomic mass is 9.53. The predicted molar refractivity (Wildman–Crippen MR) is 78.1 cm³/mol. The maximum atomic E-state index is 10.9. The van der Waals surface area contributed by atoms with Gasteiger partial charge in [0, 0.05) is 17.4 Å². The van der Waals surface area contributed by atoms with Crippen molar-refractivity contribution < 1.29 is 14.9 Å². The molecule has 112 valence electrons. The summed E-state index contributed by atoms with van der Waals surface area (Å²) in [6, 6.07) is 0. The fourth-order valence-corrected chi connectivity index (χ4v) is 4.77. The monoisotopic (exact) mass is 278 g/mol. The number of allylic oxidation sites excluding steroid dienone is 3. The van der Waals surface area contributed by atoms with Gasteiger partial charge in [0.1, 0.15) is 11.5 Å². The second kappa shape index (κ2) is 5.10. The molecule has 3 heteroatoms. The minimum atomic E-state index is -0.260. The Morgan fingerprint density at radius 1 is 1.30 bits per heavy atom. The Labute approximate surface area is 121 Å². The fraction of sp³-hybridized carbons (Fsp3) is 0.765. The highest BCUT2D eigenvalue weighted by molar-refractivity contribution is 5.28. The molecule has 0 aliphatic heterocycles. The first-order valence-corrected chi connectivity index (χ1v) is 7.90. The molecule has 0 heterocycles. The van der Waals surface area contributed by atoms with Gasteiger partial charge in [-0.3, -0.25) is 0 Å². The van der Waals surface area contributed by atoms with Gasteiger partial charge in [0.25, 0.3) is 0 Å². The Morgan fingerprint density at radius 3 is 2.85 bits per heavy atom. The molecule has 2 bridgehead atoms. The number of hydrogen-bond donors (Lipinski definition) is 2. The summed E-state index contributed by atoms with van der Waals surface area (Å²) in [5.41, 5.74) is -0.139. The van der Waals surface area contributed by atoms with Crippen LogP contribution in [0.1, 0.15) is 45.4 Å². The molecule has 3 rings (SSSR count). The zero-order chi connectivity index (χ0) is 14.3. The van der Waals surface area contributed by atoms with Crippen LogP contribution in [-0.2, 0) is 4.74 Å². The molecule has 0 amide bonds. The first-order chi connectivity index (χ1) is 9.56. The standard InChI is InChI=1S/C17H26O3/c1-17-7-5-3-4-6-11(16(17)19)8-13-14(17)9-12(18)10-15(13)20-2/h9-11,13-14,16,18-19H,3-8H2,1-2H3. The van der Waals surface area contributed by atoms with Crippen molar-refractivity contribution in [3.8, 4) is 0 Å². The van der Waals surface area contributed by atoms with E-state index < -0.39 is 0 Å². The average Bonchev–Trinajstić information content (AvgIpc) is 2.43. The molecule has 5 unspecified atom stereocenters. The summed E-state index contributed by atoms with van der Waals surface area (Å²) < 4.78 is 5.53. The number of methoxy groups -OCH3 is 1. The second-order valence-electron chi connectivity index (χ2n) is 7.02. The molecule has 2 saturated carbocycles. The van der Waals surface area contributed by atoms with E-state index in [0.29, 0.717) is 11.8 Å². The van der Waals surface area contributed by atoms with E-state index in [0.717, 1.165) is 25.0 Å². The van der Waals surface area contributed by atoms with Gasteiger partial charge in [-0.2, -0.15) is 0 Å². The van der Waals surface area contributed by atoms with E-state index >= 15 is 0 Å². The first kappa shape index (κ1) is 14.0. The first-order valence-electron chi connectivity index (χ1n) is 7.90. The van der Waals surface area contributed by atoms with Gasteiger partial charge in [-0.1, -0.05) is 26.2 Å². The molecule has 0 spiro atoms. The van der Waals surface area contributed by atoms with Crippen molar-refractivity contribution in [2.75, 3.05) is 7.11 Å².